The maximum absolute atomic E-state index is 13.4. The highest BCUT2D eigenvalue weighted by atomic mass is 35.5. The van der Waals surface area contributed by atoms with Gasteiger partial charge in [0.25, 0.3) is 10.0 Å². The Bertz CT molecular complexity index is 1320. The predicted molar refractivity (Wildman–Crippen MR) is 133 cm³/mol. The Morgan fingerprint density at radius 1 is 0.941 bits per heavy atom. The van der Waals surface area contributed by atoms with Gasteiger partial charge in [0.2, 0.25) is 5.91 Å². The van der Waals surface area contributed by atoms with Gasteiger partial charge in [0.15, 0.2) is 0 Å². The van der Waals surface area contributed by atoms with Gasteiger partial charge in [-0.1, -0.05) is 59.1 Å². The molecular formula is C23H19Cl3N2O5S. The summed E-state index contributed by atoms with van der Waals surface area (Å²) in [4.78, 5) is 24.8. The molecule has 0 aliphatic rings. The van der Waals surface area contributed by atoms with Crippen LogP contribution in [0.25, 0.3) is 0 Å². The Morgan fingerprint density at radius 3 is 2.29 bits per heavy atom. The van der Waals surface area contributed by atoms with Crippen LogP contribution in [-0.4, -0.2) is 33.4 Å². The summed E-state index contributed by atoms with van der Waals surface area (Å²) in [6, 6.07) is 16.3. The summed E-state index contributed by atoms with van der Waals surface area (Å²) in [6.45, 7) is 1.25. The van der Waals surface area contributed by atoms with Crippen LogP contribution in [0.4, 0.5) is 11.4 Å². The van der Waals surface area contributed by atoms with E-state index in [1.54, 1.807) is 25.1 Å². The van der Waals surface area contributed by atoms with Crippen LogP contribution in [0.2, 0.25) is 15.1 Å². The zero-order valence-corrected chi connectivity index (χ0v) is 20.9. The van der Waals surface area contributed by atoms with Crippen molar-refractivity contribution >= 4 is 68.1 Å². The molecule has 0 saturated heterocycles. The number of nitrogens with zero attached hydrogens (tertiary/aromatic N) is 1. The number of nitrogens with one attached hydrogen (secondary N) is 1. The highest BCUT2D eigenvalue weighted by Gasteiger charge is 2.29. The van der Waals surface area contributed by atoms with E-state index in [2.05, 4.69) is 5.32 Å². The summed E-state index contributed by atoms with van der Waals surface area (Å²) in [6.07, 6.45) is 0. The van der Waals surface area contributed by atoms with Gasteiger partial charge >= 0.3 is 5.97 Å². The molecular weight excluding hydrogens is 523 g/mol. The van der Waals surface area contributed by atoms with Crippen molar-refractivity contribution in [3.63, 3.8) is 0 Å². The summed E-state index contributed by atoms with van der Waals surface area (Å²) in [7, 11) is -4.17. The standard InChI is InChI=1S/C23H19Cl3N2O5S/c1-2-33-23(30)17-12-11-15(13-19(17)25)27-21(29)14-28(20-10-6-9-18(24)22(20)26)34(31,32)16-7-4-3-5-8-16/h3-13H,2,14H2,1H3,(H,27,29). The molecule has 3 aromatic rings. The number of carbonyl (C=O) groups excluding carboxylic acids is 2. The third-order valence-corrected chi connectivity index (χ3v) is 7.46. The van der Waals surface area contributed by atoms with Crippen molar-refractivity contribution in [2.24, 2.45) is 0 Å². The van der Waals surface area contributed by atoms with E-state index in [-0.39, 0.29) is 43.5 Å². The number of carbonyl (C=O) groups is 2. The molecule has 1 amide bonds. The number of rotatable bonds is 8. The van der Waals surface area contributed by atoms with Gasteiger partial charge < -0.3 is 10.1 Å². The quantitative estimate of drug-likeness (QED) is 0.372. The van der Waals surface area contributed by atoms with E-state index >= 15 is 0 Å². The topological polar surface area (TPSA) is 92.8 Å². The molecule has 0 aliphatic carbocycles. The molecule has 0 aromatic heterocycles. The van der Waals surface area contributed by atoms with E-state index < -0.39 is 28.4 Å². The van der Waals surface area contributed by atoms with E-state index in [0.29, 0.717) is 0 Å². The Labute approximate surface area is 212 Å². The van der Waals surface area contributed by atoms with E-state index in [9.17, 15) is 18.0 Å². The molecule has 0 atom stereocenters. The highest BCUT2D eigenvalue weighted by Crippen LogP contribution is 2.35. The molecule has 1 N–H and O–H groups in total. The van der Waals surface area contributed by atoms with E-state index in [4.69, 9.17) is 39.5 Å². The van der Waals surface area contributed by atoms with Gasteiger partial charge in [-0.15, -0.1) is 0 Å². The van der Waals surface area contributed by atoms with Crippen molar-refractivity contribution in [3.8, 4) is 0 Å². The molecule has 0 bridgehead atoms. The fraction of sp³-hybridized carbons (Fsp3) is 0.130. The van der Waals surface area contributed by atoms with Crippen molar-refractivity contribution in [1.29, 1.82) is 0 Å². The Hall–Kier alpha value is -2.78. The molecule has 0 saturated carbocycles. The Kier molecular flexibility index (Phi) is 8.43. The lowest BCUT2D eigenvalue weighted by atomic mass is 10.2. The van der Waals surface area contributed by atoms with Gasteiger partial charge in [0.05, 0.1) is 37.8 Å². The molecule has 34 heavy (non-hydrogen) atoms. The van der Waals surface area contributed by atoms with Crippen molar-refractivity contribution in [2.45, 2.75) is 11.8 Å². The average Bonchev–Trinajstić information content (AvgIpc) is 2.80. The first-order valence-corrected chi connectivity index (χ1v) is 12.5. The van der Waals surface area contributed by atoms with E-state index in [1.165, 1.54) is 48.5 Å². The van der Waals surface area contributed by atoms with Crippen LogP contribution in [0.15, 0.2) is 71.6 Å². The molecule has 0 aliphatic heterocycles. The Morgan fingerprint density at radius 2 is 1.65 bits per heavy atom. The summed E-state index contributed by atoms with van der Waals surface area (Å²) in [5.74, 6) is -1.27. The molecule has 0 unspecified atom stereocenters. The van der Waals surface area contributed by atoms with Gasteiger partial charge in [0.1, 0.15) is 6.54 Å². The molecule has 0 radical (unpaired) electrons. The number of halogens is 3. The summed E-state index contributed by atoms with van der Waals surface area (Å²) < 4.78 is 32.6. The molecule has 178 valence electrons. The van der Waals surface area contributed by atoms with Crippen molar-refractivity contribution < 1.29 is 22.7 Å². The molecule has 0 spiro atoms. The monoisotopic (exact) mass is 540 g/mol. The van der Waals surface area contributed by atoms with Crippen molar-refractivity contribution in [2.75, 3.05) is 22.8 Å². The lowest BCUT2D eigenvalue weighted by Gasteiger charge is -2.25. The van der Waals surface area contributed by atoms with Crippen LogP contribution in [0, 0.1) is 0 Å². The third kappa shape index (κ3) is 5.82. The van der Waals surface area contributed by atoms with Crippen LogP contribution < -0.4 is 9.62 Å². The maximum Gasteiger partial charge on any atom is 0.339 e. The van der Waals surface area contributed by atoms with Gasteiger partial charge in [-0.05, 0) is 49.4 Å². The third-order valence-electron chi connectivity index (χ3n) is 4.57. The number of ether oxygens (including phenoxy) is 1. The molecule has 0 fully saturated rings. The number of sulfonamides is 1. The number of amides is 1. The zero-order valence-electron chi connectivity index (χ0n) is 17.8. The van der Waals surface area contributed by atoms with Crippen molar-refractivity contribution in [1.82, 2.24) is 0 Å². The van der Waals surface area contributed by atoms with E-state index in [0.717, 1.165) is 4.31 Å². The first-order valence-electron chi connectivity index (χ1n) is 9.93. The Balaban J connectivity index is 1.91. The summed E-state index contributed by atoms with van der Waals surface area (Å²) in [5.41, 5.74) is 0.446. The fourth-order valence-electron chi connectivity index (χ4n) is 3.00. The highest BCUT2D eigenvalue weighted by molar-refractivity contribution is 7.92. The molecule has 3 aromatic carbocycles. The number of hydrogen-bond donors (Lipinski definition) is 1. The van der Waals surface area contributed by atoms with Crippen LogP contribution in [-0.2, 0) is 19.6 Å². The average molecular weight is 542 g/mol. The predicted octanol–water partition coefficient (Wildman–Crippen LogP) is 5.66. The van der Waals surface area contributed by atoms with Crippen LogP contribution in [0.3, 0.4) is 0 Å². The largest absolute Gasteiger partial charge is 0.462 e. The smallest absolute Gasteiger partial charge is 0.339 e. The summed E-state index contributed by atoms with van der Waals surface area (Å²) >= 11 is 18.5. The minimum Gasteiger partial charge on any atom is -0.462 e. The van der Waals surface area contributed by atoms with Crippen LogP contribution >= 0.6 is 34.8 Å². The molecule has 0 heterocycles. The van der Waals surface area contributed by atoms with Crippen molar-refractivity contribution in [3.05, 3.63) is 87.4 Å². The minimum atomic E-state index is -4.17. The van der Waals surface area contributed by atoms with Gasteiger partial charge in [-0.3, -0.25) is 9.10 Å². The number of esters is 1. The second-order valence-electron chi connectivity index (χ2n) is 6.86. The minimum absolute atomic E-state index is 0.0155. The van der Waals surface area contributed by atoms with Gasteiger partial charge in [0, 0.05) is 5.69 Å². The number of anilines is 2. The molecule has 7 nitrogen and oxygen atoms in total. The van der Waals surface area contributed by atoms with Gasteiger partial charge in [-0.25, -0.2) is 13.2 Å². The maximum atomic E-state index is 13.4. The lowest BCUT2D eigenvalue weighted by Crippen LogP contribution is -2.38. The lowest BCUT2D eigenvalue weighted by molar-refractivity contribution is -0.114. The van der Waals surface area contributed by atoms with Crippen LogP contribution in [0.1, 0.15) is 17.3 Å². The summed E-state index contributed by atoms with van der Waals surface area (Å²) in [5, 5.41) is 2.77. The second kappa shape index (κ2) is 11.1. The fourth-order valence-corrected chi connectivity index (χ4v) is 5.16. The second-order valence-corrected chi connectivity index (χ2v) is 9.92. The molecule has 3 rings (SSSR count). The normalized spacial score (nSPS) is 11.1. The van der Waals surface area contributed by atoms with Crippen LogP contribution in [0.5, 0.6) is 0 Å². The zero-order chi connectivity index (χ0) is 24.9. The number of benzene rings is 3. The first kappa shape index (κ1) is 25.8. The molecule has 11 heteroatoms. The first-order chi connectivity index (χ1) is 16.1. The van der Waals surface area contributed by atoms with Gasteiger partial charge in [-0.2, -0.15) is 0 Å². The van der Waals surface area contributed by atoms with E-state index in [1.807, 2.05) is 0 Å². The SMILES string of the molecule is CCOC(=O)c1ccc(NC(=O)CN(c2cccc(Cl)c2Cl)S(=O)(=O)c2ccccc2)cc1Cl. The number of hydrogen-bond acceptors (Lipinski definition) is 5.